The summed E-state index contributed by atoms with van der Waals surface area (Å²) in [6, 6.07) is 13.7. The van der Waals surface area contributed by atoms with Gasteiger partial charge in [-0.15, -0.1) is 0 Å². The van der Waals surface area contributed by atoms with Gasteiger partial charge in [-0.1, -0.05) is 43.7 Å². The Morgan fingerprint density at radius 2 is 1.90 bits per heavy atom. The summed E-state index contributed by atoms with van der Waals surface area (Å²) in [5, 5.41) is 0.699. The van der Waals surface area contributed by atoms with Crippen molar-refractivity contribution in [2.24, 2.45) is 10.9 Å². The summed E-state index contributed by atoms with van der Waals surface area (Å²) in [5.74, 6) is 1.58. The fraction of sp³-hybridized carbons (Fsp3) is 0.333. The van der Waals surface area contributed by atoms with Crippen molar-refractivity contribution < 1.29 is 14.3 Å². The Hall–Kier alpha value is -2.73. The van der Waals surface area contributed by atoms with Crippen molar-refractivity contribution in [3.63, 3.8) is 0 Å². The third kappa shape index (κ3) is 5.05. The van der Waals surface area contributed by atoms with Crippen molar-refractivity contribution in [1.82, 2.24) is 4.90 Å². The van der Waals surface area contributed by atoms with Crippen molar-refractivity contribution >= 4 is 34.6 Å². The number of rotatable bonds is 7. The van der Waals surface area contributed by atoms with E-state index < -0.39 is 0 Å². The molecule has 0 bridgehead atoms. The number of hydrogen-bond acceptors (Lipinski definition) is 5. The van der Waals surface area contributed by atoms with E-state index in [0.29, 0.717) is 40.6 Å². The van der Waals surface area contributed by atoms with Crippen molar-refractivity contribution in [2.75, 3.05) is 20.3 Å². The Labute approximate surface area is 182 Å². The second kappa shape index (κ2) is 9.85. The topological polar surface area (TPSA) is 51.1 Å². The molecule has 0 unspecified atom stereocenters. The molecule has 1 fully saturated rings. The molecule has 1 saturated heterocycles. The third-order valence-corrected chi connectivity index (χ3v) is 5.51. The van der Waals surface area contributed by atoms with Crippen molar-refractivity contribution in [2.45, 2.75) is 27.7 Å². The molecule has 3 rings (SSSR count). The van der Waals surface area contributed by atoms with Crippen molar-refractivity contribution in [3.8, 4) is 11.5 Å². The third-order valence-electron chi connectivity index (χ3n) is 4.50. The van der Waals surface area contributed by atoms with E-state index in [0.717, 1.165) is 11.3 Å². The van der Waals surface area contributed by atoms with Crippen LogP contribution in [0.25, 0.3) is 6.08 Å². The molecule has 0 saturated carbocycles. The van der Waals surface area contributed by atoms with E-state index in [1.54, 1.807) is 12.0 Å². The van der Waals surface area contributed by atoms with E-state index in [-0.39, 0.29) is 5.91 Å². The predicted molar refractivity (Wildman–Crippen MR) is 125 cm³/mol. The molecule has 1 heterocycles. The second-order valence-electron chi connectivity index (χ2n) is 7.46. The predicted octanol–water partition coefficient (Wildman–Crippen LogP) is 5.66. The van der Waals surface area contributed by atoms with Crippen LogP contribution in [0.15, 0.2) is 52.4 Å². The quantitative estimate of drug-likeness (QED) is 0.538. The van der Waals surface area contributed by atoms with E-state index in [1.165, 1.54) is 17.3 Å². The molecule has 30 heavy (non-hydrogen) atoms. The van der Waals surface area contributed by atoms with Gasteiger partial charge >= 0.3 is 0 Å². The van der Waals surface area contributed by atoms with Crippen LogP contribution in [-0.4, -0.2) is 36.2 Å². The minimum atomic E-state index is -0.0372. The summed E-state index contributed by atoms with van der Waals surface area (Å²) in [6.07, 6.45) is 1.87. The molecule has 0 aliphatic carbocycles. The first-order chi connectivity index (χ1) is 14.4. The monoisotopic (exact) mass is 424 g/mol. The van der Waals surface area contributed by atoms with Crippen LogP contribution in [0, 0.1) is 12.8 Å². The molecule has 1 aliphatic heterocycles. The molecule has 5 nitrogen and oxygen atoms in total. The van der Waals surface area contributed by atoms with Crippen LogP contribution in [0.4, 0.5) is 5.69 Å². The lowest BCUT2D eigenvalue weighted by Gasteiger charge is -2.17. The van der Waals surface area contributed by atoms with E-state index in [9.17, 15) is 4.79 Å². The van der Waals surface area contributed by atoms with E-state index in [4.69, 9.17) is 14.5 Å². The van der Waals surface area contributed by atoms with Crippen molar-refractivity contribution in [1.29, 1.82) is 0 Å². The van der Waals surface area contributed by atoms with Gasteiger partial charge in [-0.3, -0.25) is 9.69 Å². The summed E-state index contributed by atoms with van der Waals surface area (Å²) in [4.78, 5) is 20.4. The normalized spacial score (nSPS) is 16.7. The first-order valence-corrected chi connectivity index (χ1v) is 10.9. The van der Waals surface area contributed by atoms with Gasteiger partial charge in [-0.25, -0.2) is 4.99 Å². The summed E-state index contributed by atoms with van der Waals surface area (Å²) >= 11 is 1.39. The van der Waals surface area contributed by atoms with Crippen molar-refractivity contribution in [3.05, 3.63) is 58.5 Å². The lowest BCUT2D eigenvalue weighted by Crippen LogP contribution is -2.32. The lowest BCUT2D eigenvalue weighted by molar-refractivity contribution is -0.122. The van der Waals surface area contributed by atoms with Crippen LogP contribution in [0.5, 0.6) is 11.5 Å². The largest absolute Gasteiger partial charge is 0.493 e. The van der Waals surface area contributed by atoms with Crippen LogP contribution < -0.4 is 9.47 Å². The minimum absolute atomic E-state index is 0.0372. The number of aryl methyl sites for hydroxylation is 1. The number of aliphatic imine (C=N–C) groups is 1. The maximum absolute atomic E-state index is 13.2. The number of thioether (sulfide) groups is 1. The maximum Gasteiger partial charge on any atom is 0.266 e. The molecule has 0 N–H and O–H groups in total. The van der Waals surface area contributed by atoms with Gasteiger partial charge in [0.05, 0.1) is 24.3 Å². The number of para-hydroxylation sites is 1. The average molecular weight is 425 g/mol. The number of methoxy groups -OCH3 is 1. The number of carbonyl (C=O) groups is 1. The fourth-order valence-electron chi connectivity index (χ4n) is 3.09. The van der Waals surface area contributed by atoms with Gasteiger partial charge in [0.2, 0.25) is 0 Å². The Morgan fingerprint density at radius 3 is 2.53 bits per heavy atom. The fourth-order valence-corrected chi connectivity index (χ4v) is 4.09. The van der Waals surface area contributed by atoms with Crippen LogP contribution in [0.3, 0.4) is 0 Å². The van der Waals surface area contributed by atoms with Gasteiger partial charge in [-0.05, 0) is 55.8 Å². The lowest BCUT2D eigenvalue weighted by atomic mass is 10.1. The first kappa shape index (κ1) is 22.0. The number of ether oxygens (including phenoxy) is 2. The zero-order chi connectivity index (χ0) is 21.7. The van der Waals surface area contributed by atoms with E-state index >= 15 is 0 Å². The first-order valence-electron chi connectivity index (χ1n) is 10.1. The Kier molecular flexibility index (Phi) is 7.21. The number of benzene rings is 2. The molecule has 158 valence electrons. The summed E-state index contributed by atoms with van der Waals surface area (Å²) in [5.41, 5.74) is 2.82. The van der Waals surface area contributed by atoms with Gasteiger partial charge in [0, 0.05) is 12.1 Å². The number of amidine groups is 1. The molecular weight excluding hydrogens is 396 g/mol. The van der Waals surface area contributed by atoms with E-state index in [1.807, 2.05) is 62.4 Å². The summed E-state index contributed by atoms with van der Waals surface area (Å²) in [6.45, 7) is 9.29. The highest BCUT2D eigenvalue weighted by Crippen LogP contribution is 2.38. The van der Waals surface area contributed by atoms with Crippen LogP contribution in [-0.2, 0) is 4.79 Å². The van der Waals surface area contributed by atoms with Crippen LogP contribution >= 0.6 is 11.8 Å². The molecule has 0 aromatic heterocycles. The zero-order valence-corrected chi connectivity index (χ0v) is 19.0. The van der Waals surface area contributed by atoms with E-state index in [2.05, 4.69) is 13.8 Å². The molecule has 6 heteroatoms. The maximum atomic E-state index is 13.2. The molecule has 0 radical (unpaired) electrons. The van der Waals surface area contributed by atoms with Gasteiger partial charge in [-0.2, -0.15) is 0 Å². The highest BCUT2D eigenvalue weighted by molar-refractivity contribution is 8.18. The smallest absolute Gasteiger partial charge is 0.266 e. The Balaban J connectivity index is 2.00. The molecule has 1 aliphatic rings. The van der Waals surface area contributed by atoms with Gasteiger partial charge in [0.25, 0.3) is 5.91 Å². The molecule has 0 spiro atoms. The summed E-state index contributed by atoms with van der Waals surface area (Å²) in [7, 11) is 1.61. The number of amides is 1. The van der Waals surface area contributed by atoms with Gasteiger partial charge in [0.1, 0.15) is 0 Å². The number of hydrogen-bond donors (Lipinski definition) is 0. The zero-order valence-electron chi connectivity index (χ0n) is 18.1. The highest BCUT2D eigenvalue weighted by atomic mass is 32.2. The van der Waals surface area contributed by atoms with Crippen LogP contribution in [0.2, 0.25) is 0 Å². The van der Waals surface area contributed by atoms with Gasteiger partial charge in [0.15, 0.2) is 16.7 Å². The SMILES string of the molecule is CCOc1c(/C=C2/SC(=Nc3ccc(C)cc3)N(CC(C)C)C2=O)cccc1OC. The Bertz CT molecular complexity index is 965. The second-order valence-corrected chi connectivity index (χ2v) is 8.47. The Morgan fingerprint density at radius 1 is 1.17 bits per heavy atom. The molecule has 2 aromatic carbocycles. The molecule has 1 amide bonds. The number of carbonyl (C=O) groups excluding carboxylic acids is 1. The standard InChI is InChI=1S/C24H28N2O3S/c1-6-29-22-18(8-7-9-20(22)28-5)14-21-23(27)26(15-16(2)3)24(30-21)25-19-12-10-17(4)11-13-19/h7-14,16H,6,15H2,1-5H3/b21-14+,25-24?. The number of nitrogens with zero attached hydrogens (tertiary/aromatic N) is 2. The molecule has 2 aromatic rings. The van der Waals surface area contributed by atoms with Gasteiger partial charge < -0.3 is 9.47 Å². The average Bonchev–Trinajstić information content (AvgIpc) is 2.99. The minimum Gasteiger partial charge on any atom is -0.493 e. The highest BCUT2D eigenvalue weighted by Gasteiger charge is 2.34. The summed E-state index contributed by atoms with van der Waals surface area (Å²) < 4.78 is 11.2. The molecule has 0 atom stereocenters. The van der Waals surface area contributed by atoms with Crippen LogP contribution in [0.1, 0.15) is 31.9 Å². The molecular formula is C24H28N2O3S.